The molecule has 11 aromatic carbocycles. The number of furan rings is 4. The highest BCUT2D eigenvalue weighted by atomic mass is 16.3. The minimum Gasteiger partial charge on any atom is -0.456 e. The van der Waals surface area contributed by atoms with Crippen LogP contribution in [0.4, 0.5) is 17.1 Å². The number of anilines is 3. The normalized spacial score (nSPS) is 12.4. The Morgan fingerprint density at radius 1 is 0.222 bits per heavy atom. The first-order valence-corrected chi connectivity index (χ1v) is 21.3. The molecule has 0 spiro atoms. The highest BCUT2D eigenvalue weighted by molar-refractivity contribution is 6.29. The first kappa shape index (κ1) is 33.2. The van der Waals surface area contributed by atoms with Crippen LogP contribution in [-0.4, -0.2) is 0 Å². The van der Waals surface area contributed by atoms with Crippen LogP contribution >= 0.6 is 0 Å². The Morgan fingerprint density at radius 2 is 0.540 bits per heavy atom. The van der Waals surface area contributed by atoms with E-state index in [1.165, 1.54) is 10.8 Å². The molecule has 0 atom stereocenters. The molecule has 0 fully saturated rings. The second-order valence-corrected chi connectivity index (χ2v) is 16.9. The van der Waals surface area contributed by atoms with E-state index in [-0.39, 0.29) is 0 Å². The van der Waals surface area contributed by atoms with Gasteiger partial charge in [0.1, 0.15) is 44.7 Å². The smallest absolute Gasteiger partial charge is 0.136 e. The van der Waals surface area contributed by atoms with Crippen LogP contribution in [0.15, 0.2) is 206 Å². The standard InChI is InChI=1S/C58H31NO4/c1-2-12-40(13-3-1)59(41-16-14-36-26-45-53(30-38(36)22-41)62-49-20-18-47-55(57(45)49)43-24-32-8-4-6-10-34(32)28-51(43)60-47)42-17-15-37-27-46-54(31-39(37)23-42)63-50-21-19-48-56(58(46)50)44-25-33-9-5-7-11-35(33)29-52(44)61-48/h1-31H. The lowest BCUT2D eigenvalue weighted by molar-refractivity contribution is 0.663. The maximum atomic E-state index is 6.64. The van der Waals surface area contributed by atoms with Crippen molar-refractivity contribution in [3.05, 3.63) is 188 Å². The number of hydrogen-bond acceptors (Lipinski definition) is 5. The van der Waals surface area contributed by atoms with Crippen LogP contribution in [0, 0.1) is 0 Å². The first-order valence-electron chi connectivity index (χ1n) is 21.3. The van der Waals surface area contributed by atoms with Gasteiger partial charge in [-0.15, -0.1) is 0 Å². The Labute approximate surface area is 357 Å². The molecule has 63 heavy (non-hydrogen) atoms. The minimum atomic E-state index is 0.846. The van der Waals surface area contributed by atoms with Crippen molar-refractivity contribution in [2.24, 2.45) is 0 Å². The molecule has 5 heteroatoms. The molecule has 4 heterocycles. The number of rotatable bonds is 3. The lowest BCUT2D eigenvalue weighted by atomic mass is 10.00. The van der Waals surface area contributed by atoms with Crippen molar-refractivity contribution >= 4 is 148 Å². The van der Waals surface area contributed by atoms with Crippen LogP contribution in [0.25, 0.3) is 131 Å². The van der Waals surface area contributed by atoms with Gasteiger partial charge in [-0.2, -0.15) is 0 Å². The van der Waals surface area contributed by atoms with Gasteiger partial charge >= 0.3 is 0 Å². The fraction of sp³-hybridized carbons (Fsp3) is 0. The lowest BCUT2D eigenvalue weighted by Gasteiger charge is -2.26. The van der Waals surface area contributed by atoms with Crippen LogP contribution in [0.1, 0.15) is 0 Å². The van der Waals surface area contributed by atoms with E-state index in [9.17, 15) is 0 Å². The van der Waals surface area contributed by atoms with Crippen LogP contribution in [0.5, 0.6) is 0 Å². The van der Waals surface area contributed by atoms with E-state index < -0.39 is 0 Å². The Kier molecular flexibility index (Phi) is 6.36. The lowest BCUT2D eigenvalue weighted by Crippen LogP contribution is -2.09. The van der Waals surface area contributed by atoms with Crippen molar-refractivity contribution in [2.45, 2.75) is 0 Å². The van der Waals surface area contributed by atoms with Crippen molar-refractivity contribution in [1.82, 2.24) is 0 Å². The molecule has 5 nitrogen and oxygen atoms in total. The summed E-state index contributed by atoms with van der Waals surface area (Å²) in [7, 11) is 0. The van der Waals surface area contributed by atoms with Crippen LogP contribution < -0.4 is 4.90 Å². The Morgan fingerprint density at radius 3 is 0.921 bits per heavy atom. The Balaban J connectivity index is 0.883. The van der Waals surface area contributed by atoms with Crippen LogP contribution in [0.2, 0.25) is 0 Å². The van der Waals surface area contributed by atoms with E-state index in [4.69, 9.17) is 17.7 Å². The van der Waals surface area contributed by atoms with Gasteiger partial charge in [-0.3, -0.25) is 0 Å². The van der Waals surface area contributed by atoms with Gasteiger partial charge in [0, 0.05) is 60.2 Å². The van der Waals surface area contributed by atoms with Crippen LogP contribution in [0.3, 0.4) is 0 Å². The summed E-state index contributed by atoms with van der Waals surface area (Å²) in [6.45, 7) is 0. The SMILES string of the molecule is c1ccc(N(c2ccc3cc4c(cc3c2)oc2ccc3oc5cc6ccccc6cc5c3c24)c2ccc3cc4c(cc3c2)oc2ccc3oc5cc6ccccc6cc5c3c24)cc1. The van der Waals surface area contributed by atoms with Gasteiger partial charge in [0.05, 0.1) is 0 Å². The zero-order valence-electron chi connectivity index (χ0n) is 33.5. The average molecular weight is 806 g/mol. The molecule has 15 aromatic rings. The molecule has 0 aliphatic carbocycles. The van der Waals surface area contributed by atoms with E-state index >= 15 is 0 Å². The number of para-hydroxylation sites is 1. The summed E-state index contributed by atoms with van der Waals surface area (Å²) in [6, 6.07) is 66.6. The molecule has 0 aliphatic rings. The summed E-state index contributed by atoms with van der Waals surface area (Å²) < 4.78 is 26.2. The summed E-state index contributed by atoms with van der Waals surface area (Å²) in [5.41, 5.74) is 10.0. The zero-order valence-corrected chi connectivity index (χ0v) is 33.5. The highest BCUT2D eigenvalue weighted by Gasteiger charge is 2.21. The Hall–Kier alpha value is -8.54. The van der Waals surface area contributed by atoms with Gasteiger partial charge in [-0.25, -0.2) is 0 Å². The maximum absolute atomic E-state index is 6.64. The largest absolute Gasteiger partial charge is 0.456 e. The minimum absolute atomic E-state index is 0.846. The molecule has 0 saturated carbocycles. The third-order valence-electron chi connectivity index (χ3n) is 13.3. The molecule has 0 saturated heterocycles. The van der Waals surface area contributed by atoms with E-state index in [1.54, 1.807) is 0 Å². The highest BCUT2D eigenvalue weighted by Crippen LogP contribution is 2.46. The topological polar surface area (TPSA) is 55.8 Å². The summed E-state index contributed by atoms with van der Waals surface area (Å²) in [6.07, 6.45) is 0. The summed E-state index contributed by atoms with van der Waals surface area (Å²) in [5.74, 6) is 0. The Bertz CT molecular complexity index is 4180. The number of hydrogen-bond donors (Lipinski definition) is 0. The average Bonchev–Trinajstić information content (AvgIpc) is 4.08. The van der Waals surface area contributed by atoms with Crippen molar-refractivity contribution in [2.75, 3.05) is 4.90 Å². The van der Waals surface area contributed by atoms with Gasteiger partial charge in [-0.05, 0) is 152 Å². The summed E-state index contributed by atoms with van der Waals surface area (Å²) in [5, 5.41) is 17.8. The van der Waals surface area contributed by atoms with Gasteiger partial charge in [0.25, 0.3) is 0 Å². The molecule has 0 bridgehead atoms. The van der Waals surface area contributed by atoms with Gasteiger partial charge in [0.15, 0.2) is 0 Å². The number of fused-ring (bicyclic) bond motifs is 18. The van der Waals surface area contributed by atoms with E-state index in [0.717, 1.165) is 137 Å². The molecular formula is C58H31NO4. The molecule has 0 radical (unpaired) electrons. The number of benzene rings is 11. The maximum Gasteiger partial charge on any atom is 0.136 e. The van der Waals surface area contributed by atoms with Gasteiger partial charge < -0.3 is 22.6 Å². The summed E-state index contributed by atoms with van der Waals surface area (Å²) >= 11 is 0. The molecule has 0 aliphatic heterocycles. The third kappa shape index (κ3) is 4.71. The predicted octanol–water partition coefficient (Wildman–Crippen LogP) is 17.4. The number of nitrogens with zero attached hydrogens (tertiary/aromatic N) is 1. The molecule has 0 N–H and O–H groups in total. The molecule has 292 valence electrons. The molecule has 4 aromatic heterocycles. The van der Waals surface area contributed by atoms with Crippen molar-refractivity contribution in [3.8, 4) is 0 Å². The monoisotopic (exact) mass is 805 g/mol. The van der Waals surface area contributed by atoms with E-state index in [0.29, 0.717) is 0 Å². The predicted molar refractivity (Wildman–Crippen MR) is 260 cm³/mol. The molecule has 0 unspecified atom stereocenters. The first-order chi connectivity index (χ1) is 31.1. The van der Waals surface area contributed by atoms with Crippen molar-refractivity contribution < 1.29 is 17.7 Å². The fourth-order valence-electron chi connectivity index (χ4n) is 10.4. The van der Waals surface area contributed by atoms with Gasteiger partial charge in [-0.1, -0.05) is 78.9 Å². The molecule has 0 amide bonds. The van der Waals surface area contributed by atoms with Gasteiger partial charge in [0.2, 0.25) is 0 Å². The van der Waals surface area contributed by atoms with Crippen molar-refractivity contribution in [1.29, 1.82) is 0 Å². The second kappa shape index (κ2) is 12.1. The quantitative estimate of drug-likeness (QED) is 0.178. The van der Waals surface area contributed by atoms with Crippen molar-refractivity contribution in [3.63, 3.8) is 0 Å². The summed E-state index contributed by atoms with van der Waals surface area (Å²) in [4.78, 5) is 2.32. The zero-order chi connectivity index (χ0) is 40.9. The second-order valence-electron chi connectivity index (χ2n) is 16.9. The van der Waals surface area contributed by atoms with Crippen LogP contribution in [-0.2, 0) is 0 Å². The fourth-order valence-corrected chi connectivity index (χ4v) is 10.4. The molecular weight excluding hydrogens is 775 g/mol. The van der Waals surface area contributed by atoms with E-state index in [1.807, 2.05) is 24.3 Å². The van der Waals surface area contributed by atoms with E-state index in [2.05, 4.69) is 169 Å². The third-order valence-corrected chi connectivity index (χ3v) is 13.3. The molecule has 15 rings (SSSR count).